The Kier molecular flexibility index (Phi) is 36.6. The van der Waals surface area contributed by atoms with E-state index in [4.69, 9.17) is 9.47 Å². The molecule has 0 aliphatic rings. The van der Waals surface area contributed by atoms with Gasteiger partial charge in [-0.1, -0.05) is 111 Å². The Morgan fingerprint density at radius 3 is 0.608 bits per heavy atom. The Bertz CT molecular complexity index is 2680. The normalized spacial score (nSPS) is 14.8. The van der Waals surface area contributed by atoms with Crippen molar-refractivity contribution in [1.29, 1.82) is 0 Å². The molecule has 12 N–H and O–H groups in total. The van der Waals surface area contributed by atoms with E-state index in [0.29, 0.717) is 0 Å². The van der Waals surface area contributed by atoms with Crippen LogP contribution in [0, 0.1) is 47.3 Å². The first-order chi connectivity index (χ1) is 44.1. The van der Waals surface area contributed by atoms with Crippen LogP contribution in [-0.2, 0) is 67.0 Å². The molecule has 0 unspecified atom stereocenters. The molecule has 0 saturated heterocycles. The van der Waals surface area contributed by atoms with Crippen molar-refractivity contribution >= 4 is 77.0 Å². The van der Waals surface area contributed by atoms with Gasteiger partial charge in [-0.05, 0) is 175 Å². The average Bonchev–Trinajstić information content (AvgIpc) is 0.860. The minimum Gasteiger partial charge on any atom is -0.467 e. The van der Waals surface area contributed by atoms with Crippen LogP contribution in [0.5, 0.6) is 0 Å². The standard InChI is InChI=1S/C70H128N12O15/c1-37(2)29-45(53(83)71-50(34-42(11)12)58(88)80-68(22,23)62(92)77-47(31-39(5)6)55(85)73-52(36-44(15)16)60(90)82-70(26,27)64(94)96-28)75-61(91)67(20,21)79-57(87)49(33-41(9)10)72-54(84)46(30-38(3)4)76-63(93)69(24,25)81-59(89)51(35-43(13)14)74-56(86)48(32-40(7)8)78-65(95)97-66(17,18)19/h37-52H,29-36H2,1-28H3,(H,71,83)(H,72,84)(H,73,85)(H,74,86)(H,75,91)(H,76,93)(H,77,92)(H,78,95)(H,79,87)(H,80,88)(H,81,89)(H,82,90)/t45-,46-,47+,48+,49-,50-,51+,52+/m1/s1. The summed E-state index contributed by atoms with van der Waals surface area (Å²) in [4.78, 5) is 181. The maximum atomic E-state index is 14.4. The average molecular weight is 1380 g/mol. The van der Waals surface area contributed by atoms with E-state index < -0.39 is 153 Å². The van der Waals surface area contributed by atoms with Crippen LogP contribution < -0.4 is 63.8 Å². The van der Waals surface area contributed by atoms with Gasteiger partial charge in [-0.25, -0.2) is 9.59 Å². The highest BCUT2D eigenvalue weighted by Crippen LogP contribution is 2.19. The van der Waals surface area contributed by atoms with Crippen molar-refractivity contribution in [2.75, 3.05) is 7.11 Å². The Balaban J connectivity index is 6.70. The largest absolute Gasteiger partial charge is 0.467 e. The summed E-state index contributed by atoms with van der Waals surface area (Å²) in [7, 11) is 1.19. The molecule has 558 valence electrons. The lowest BCUT2D eigenvalue weighted by atomic mass is 9.96. The minimum atomic E-state index is -1.73. The van der Waals surface area contributed by atoms with E-state index in [1.165, 1.54) is 62.5 Å². The van der Waals surface area contributed by atoms with Crippen LogP contribution in [0.3, 0.4) is 0 Å². The summed E-state index contributed by atoms with van der Waals surface area (Å²) >= 11 is 0. The van der Waals surface area contributed by atoms with E-state index in [1.807, 2.05) is 111 Å². The summed E-state index contributed by atoms with van der Waals surface area (Å²) in [6, 6.07) is -9.40. The lowest BCUT2D eigenvalue weighted by Crippen LogP contribution is -2.65. The van der Waals surface area contributed by atoms with Gasteiger partial charge in [0.15, 0.2) is 0 Å². The van der Waals surface area contributed by atoms with Crippen LogP contribution in [0.15, 0.2) is 0 Å². The number of nitrogens with one attached hydrogen (secondary N) is 12. The van der Waals surface area contributed by atoms with E-state index in [2.05, 4.69) is 63.8 Å². The highest BCUT2D eigenvalue weighted by Gasteiger charge is 2.42. The van der Waals surface area contributed by atoms with Gasteiger partial charge in [-0.15, -0.1) is 0 Å². The van der Waals surface area contributed by atoms with Gasteiger partial charge < -0.3 is 73.3 Å². The van der Waals surface area contributed by atoms with Gasteiger partial charge in [0.25, 0.3) is 0 Å². The summed E-state index contributed by atoms with van der Waals surface area (Å²) in [6.45, 7) is 46.1. The van der Waals surface area contributed by atoms with Gasteiger partial charge in [0.05, 0.1) is 7.11 Å². The highest BCUT2D eigenvalue weighted by atomic mass is 16.6. The zero-order chi connectivity index (χ0) is 75.8. The molecule has 0 bridgehead atoms. The van der Waals surface area contributed by atoms with Crippen molar-refractivity contribution in [3.05, 3.63) is 0 Å². The Labute approximate surface area is 579 Å². The molecular formula is C70H128N12O15. The fourth-order valence-corrected chi connectivity index (χ4v) is 10.2. The Morgan fingerprint density at radius 1 is 0.258 bits per heavy atom. The molecule has 0 aromatic rings. The maximum Gasteiger partial charge on any atom is 0.408 e. The van der Waals surface area contributed by atoms with Crippen LogP contribution in [0.25, 0.3) is 0 Å². The minimum absolute atomic E-state index is 0.0313. The molecule has 0 aliphatic heterocycles. The number of hydrogen-bond donors (Lipinski definition) is 12. The number of carbonyl (C=O) groups excluding carboxylic acids is 13. The molecule has 0 heterocycles. The molecule has 0 fully saturated rings. The molecule has 97 heavy (non-hydrogen) atoms. The molecule has 12 amide bonds. The molecule has 0 aliphatic carbocycles. The topological polar surface area (TPSA) is 385 Å². The summed E-state index contributed by atoms with van der Waals surface area (Å²) in [5.74, 6) is -9.56. The molecule has 0 spiro atoms. The summed E-state index contributed by atoms with van der Waals surface area (Å²) in [6.07, 6.45) is 0.335. The number of carbonyl (C=O) groups is 13. The Hall–Kier alpha value is -7.09. The van der Waals surface area contributed by atoms with E-state index in [9.17, 15) is 62.3 Å². The van der Waals surface area contributed by atoms with Crippen LogP contribution in [0.1, 0.15) is 238 Å². The first-order valence-corrected chi connectivity index (χ1v) is 34.6. The summed E-state index contributed by atoms with van der Waals surface area (Å²) in [5, 5.41) is 32.8. The lowest BCUT2D eigenvalue weighted by molar-refractivity contribution is -0.149. The fourth-order valence-electron chi connectivity index (χ4n) is 10.2. The molecule has 27 nitrogen and oxygen atoms in total. The SMILES string of the molecule is COC(=O)C(C)(C)NC(=O)[C@H](CC(C)C)NC(=O)[C@H](CC(C)C)NC(=O)C(C)(C)NC(=O)[C@@H](CC(C)C)NC(=O)[C@@H](CC(C)C)NC(=O)C(C)(C)NC(=O)[C@@H](CC(C)C)NC(=O)[C@@H](CC(C)C)NC(=O)C(C)(C)NC(=O)[C@H](CC(C)C)NC(=O)[C@H](CC(C)C)NC(=O)OC(C)(C)C. The van der Waals surface area contributed by atoms with Crippen LogP contribution in [-0.4, -0.2) is 160 Å². The second-order valence-electron chi connectivity index (χ2n) is 32.5. The quantitative estimate of drug-likeness (QED) is 0.0342. The predicted octanol–water partition coefficient (Wildman–Crippen LogP) is 5.39. The van der Waals surface area contributed by atoms with Gasteiger partial charge in [0.1, 0.15) is 76.1 Å². The third-order valence-corrected chi connectivity index (χ3v) is 15.2. The maximum absolute atomic E-state index is 14.4. The molecule has 8 atom stereocenters. The van der Waals surface area contributed by atoms with E-state index in [-0.39, 0.29) is 98.7 Å². The van der Waals surface area contributed by atoms with Gasteiger partial charge in [-0.2, -0.15) is 0 Å². The number of methoxy groups -OCH3 is 1. The predicted molar refractivity (Wildman–Crippen MR) is 373 cm³/mol. The number of hydrogen-bond acceptors (Lipinski definition) is 15. The number of ether oxygens (including phenoxy) is 2. The first-order valence-electron chi connectivity index (χ1n) is 34.6. The number of esters is 1. The molecule has 0 rings (SSSR count). The number of alkyl carbamates (subject to hydrolysis) is 1. The van der Waals surface area contributed by atoms with Gasteiger partial charge in [-0.3, -0.25) is 52.7 Å². The third-order valence-electron chi connectivity index (χ3n) is 15.2. The Morgan fingerprint density at radius 2 is 0.433 bits per heavy atom. The second kappa shape index (κ2) is 39.5. The van der Waals surface area contributed by atoms with Crippen molar-refractivity contribution in [2.45, 2.75) is 314 Å². The van der Waals surface area contributed by atoms with Crippen LogP contribution in [0.4, 0.5) is 4.79 Å². The van der Waals surface area contributed by atoms with Gasteiger partial charge in [0.2, 0.25) is 65.0 Å². The monoisotopic (exact) mass is 1380 g/mol. The molecule has 0 saturated carbocycles. The zero-order valence-electron chi connectivity index (χ0n) is 64.0. The second-order valence-corrected chi connectivity index (χ2v) is 32.5. The number of rotatable bonds is 40. The van der Waals surface area contributed by atoms with Crippen molar-refractivity contribution in [2.24, 2.45) is 47.3 Å². The van der Waals surface area contributed by atoms with E-state index in [0.717, 1.165) is 0 Å². The summed E-state index contributed by atoms with van der Waals surface area (Å²) < 4.78 is 10.2. The van der Waals surface area contributed by atoms with Gasteiger partial charge >= 0.3 is 12.1 Å². The van der Waals surface area contributed by atoms with Crippen LogP contribution in [0.2, 0.25) is 0 Å². The van der Waals surface area contributed by atoms with Crippen molar-refractivity contribution in [3.63, 3.8) is 0 Å². The summed E-state index contributed by atoms with van der Waals surface area (Å²) in [5.41, 5.74) is -7.32. The zero-order valence-corrected chi connectivity index (χ0v) is 64.0. The van der Waals surface area contributed by atoms with E-state index >= 15 is 0 Å². The fraction of sp³-hybridized carbons (Fsp3) is 0.814. The third kappa shape index (κ3) is 34.3. The molecule has 0 radical (unpaired) electrons. The van der Waals surface area contributed by atoms with Gasteiger partial charge in [0, 0.05) is 0 Å². The lowest BCUT2D eigenvalue weighted by Gasteiger charge is -2.33. The smallest absolute Gasteiger partial charge is 0.408 e. The van der Waals surface area contributed by atoms with Crippen molar-refractivity contribution in [1.82, 2.24) is 63.8 Å². The van der Waals surface area contributed by atoms with Crippen molar-refractivity contribution < 1.29 is 71.8 Å². The van der Waals surface area contributed by atoms with Crippen molar-refractivity contribution in [3.8, 4) is 0 Å². The number of amides is 12. The molecule has 0 aromatic heterocycles. The molecular weight excluding hydrogens is 1250 g/mol. The molecule has 27 heteroatoms. The highest BCUT2D eigenvalue weighted by molar-refractivity contribution is 6.01. The van der Waals surface area contributed by atoms with E-state index in [1.54, 1.807) is 20.8 Å². The molecule has 0 aromatic carbocycles. The van der Waals surface area contributed by atoms with Crippen LogP contribution >= 0.6 is 0 Å². The first kappa shape index (κ1) is 89.9.